The molecule has 87 heavy (non-hydrogen) atoms. The number of benzene rings is 12. The van der Waals surface area contributed by atoms with Gasteiger partial charge in [-0.1, -0.05) is 199 Å². The molecule has 0 aliphatic carbocycles. The largest absolute Gasteiger partial charge is 0.450 e. The maximum Gasteiger partial charge on any atom is 0.333 e. The van der Waals surface area contributed by atoms with Crippen LogP contribution in [0.3, 0.4) is 0 Å². The van der Waals surface area contributed by atoms with Gasteiger partial charge in [0.25, 0.3) is 0 Å². The van der Waals surface area contributed by atoms with Crippen LogP contribution in [0.4, 0.5) is 62.6 Å². The Labute approximate surface area is 511 Å². The molecule has 0 atom stereocenters. The molecule has 0 bridgehead atoms. The molecule has 420 valence electrons. The smallest absolute Gasteiger partial charge is 0.333 e. The van der Waals surface area contributed by atoms with Crippen molar-refractivity contribution in [3.63, 3.8) is 0 Å². The summed E-state index contributed by atoms with van der Waals surface area (Å²) in [6.07, 6.45) is 0. The Bertz CT molecular complexity index is 4470. The minimum atomic E-state index is -0.405. The molecule has 3 aliphatic rings. The highest BCUT2D eigenvalue weighted by molar-refractivity contribution is 6.93. The Kier molecular flexibility index (Phi) is 13.0. The molecule has 0 saturated heterocycles. The third-order valence-electron chi connectivity index (χ3n) is 17.3. The first-order valence-corrected chi connectivity index (χ1v) is 30.2. The summed E-state index contributed by atoms with van der Waals surface area (Å²) in [6.45, 7) is 13.4. The van der Waals surface area contributed by atoms with Crippen molar-refractivity contribution in [2.75, 3.05) is 19.5 Å². The highest BCUT2D eigenvalue weighted by Gasteiger charge is 2.48. The van der Waals surface area contributed by atoms with Gasteiger partial charge in [-0.3, -0.25) is 0 Å². The van der Waals surface area contributed by atoms with Crippen molar-refractivity contribution in [3.8, 4) is 56.4 Å². The molecule has 15 rings (SSSR count). The number of ether oxygens (including phenoxy) is 2. The molecule has 0 radical (unpaired) electrons. The van der Waals surface area contributed by atoms with E-state index >= 15 is 0 Å². The van der Waals surface area contributed by atoms with Gasteiger partial charge in [-0.25, -0.2) is 0 Å². The van der Waals surface area contributed by atoms with Gasteiger partial charge >= 0.3 is 6.85 Å². The predicted octanol–water partition coefficient (Wildman–Crippen LogP) is 21.2. The van der Waals surface area contributed by atoms with E-state index in [1.165, 1.54) is 11.1 Å². The van der Waals surface area contributed by atoms with Gasteiger partial charge in [-0.2, -0.15) is 0 Å². The molecule has 0 amide bonds. The van der Waals surface area contributed by atoms with E-state index in [1.54, 1.807) is 0 Å². The van der Waals surface area contributed by atoms with Gasteiger partial charge in [0.05, 0.1) is 5.69 Å². The van der Waals surface area contributed by atoms with Crippen LogP contribution in [0.15, 0.2) is 285 Å². The zero-order valence-electron chi connectivity index (χ0n) is 49.8. The molecule has 12 aromatic rings. The van der Waals surface area contributed by atoms with E-state index in [-0.39, 0.29) is 10.8 Å². The summed E-state index contributed by atoms with van der Waals surface area (Å²) in [5.41, 5.74) is 22.7. The number of nitrogens with zero attached hydrogens (tertiary/aromatic N) is 4. The molecule has 7 heteroatoms. The first-order valence-electron chi connectivity index (χ1n) is 30.2. The van der Waals surface area contributed by atoms with Crippen LogP contribution >= 0.6 is 0 Å². The van der Waals surface area contributed by atoms with Gasteiger partial charge in [0.2, 0.25) is 0 Å². The van der Waals surface area contributed by atoms with E-state index in [0.29, 0.717) is 23.0 Å². The van der Waals surface area contributed by atoms with Crippen LogP contribution in [0, 0.1) is 0 Å². The Morgan fingerprint density at radius 1 is 0.299 bits per heavy atom. The van der Waals surface area contributed by atoms with Crippen LogP contribution in [0.2, 0.25) is 0 Å². The third-order valence-corrected chi connectivity index (χ3v) is 17.3. The average molecular weight is 1130 g/mol. The molecule has 0 unspecified atom stereocenters. The summed E-state index contributed by atoms with van der Waals surface area (Å²) in [5, 5.41) is 0. The van der Waals surface area contributed by atoms with Crippen LogP contribution in [0.25, 0.3) is 33.4 Å². The minimum absolute atomic E-state index is 0.127. The van der Waals surface area contributed by atoms with E-state index in [4.69, 9.17) is 9.47 Å². The second kappa shape index (κ2) is 21.2. The molecule has 0 aromatic heterocycles. The lowest BCUT2D eigenvalue weighted by Gasteiger charge is -2.47. The average Bonchev–Trinajstić information content (AvgIpc) is 0.844. The molecular formula is C80H65BN4O2. The maximum absolute atomic E-state index is 7.02. The highest BCUT2D eigenvalue weighted by atomic mass is 16.6. The lowest BCUT2D eigenvalue weighted by molar-refractivity contribution is 0.360. The first kappa shape index (κ1) is 53.2. The Balaban J connectivity index is 1.11. The number of fused-ring (bicyclic) bond motifs is 6. The van der Waals surface area contributed by atoms with Crippen LogP contribution in [-0.4, -0.2) is 6.85 Å². The summed E-state index contributed by atoms with van der Waals surface area (Å²) in [5.74, 6) is 2.66. The van der Waals surface area contributed by atoms with Crippen LogP contribution in [0.1, 0.15) is 52.7 Å². The summed E-state index contributed by atoms with van der Waals surface area (Å²) >= 11 is 0. The van der Waals surface area contributed by atoms with Gasteiger partial charge in [0, 0.05) is 79.6 Å². The molecule has 6 nitrogen and oxygen atoms in total. The standard InChI is InChI=1S/C80H65BN4O2/c1-79(2,3)56-41-44-69(64(47-56)54-27-13-7-14-28-54)84-72-53-77-76(86-74-39-25-26-40-75(74)87-77)52-68(72)81-78-67(50-63(51-73(78)84)83(60-35-21-11-22-36-60)61-37-23-12-24-38-61)66-49-62(82(58-31-17-9-18-32-58)59-33-19-10-20-34-59)43-46-71(66)85(81)70-45-42-57(80(4,5)6)48-65(70)55-29-15-8-16-30-55/h7-53H,1-6H3. The lowest BCUT2D eigenvalue weighted by Crippen LogP contribution is -2.61. The molecule has 12 aromatic carbocycles. The highest BCUT2D eigenvalue weighted by Crippen LogP contribution is 2.56. The first-order chi connectivity index (χ1) is 42.4. The molecule has 0 N–H and O–H groups in total. The third kappa shape index (κ3) is 9.47. The van der Waals surface area contributed by atoms with Crippen LogP contribution < -0.4 is 39.9 Å². The van der Waals surface area contributed by atoms with Gasteiger partial charge in [0.1, 0.15) is 0 Å². The zero-order chi connectivity index (χ0) is 59.0. The topological polar surface area (TPSA) is 31.4 Å². The Morgan fingerprint density at radius 3 is 1.20 bits per heavy atom. The van der Waals surface area contributed by atoms with Crippen LogP contribution in [0.5, 0.6) is 23.0 Å². The molecule has 3 aliphatic heterocycles. The van der Waals surface area contributed by atoms with Crippen molar-refractivity contribution in [1.82, 2.24) is 0 Å². The van der Waals surface area contributed by atoms with Crippen molar-refractivity contribution in [1.29, 1.82) is 0 Å². The number of hydrogen-bond acceptors (Lipinski definition) is 6. The Morgan fingerprint density at radius 2 is 0.701 bits per heavy atom. The van der Waals surface area contributed by atoms with Crippen molar-refractivity contribution >= 4 is 80.3 Å². The predicted molar refractivity (Wildman–Crippen MR) is 364 cm³/mol. The quantitative estimate of drug-likeness (QED) is 0.127. The molecule has 3 heterocycles. The summed E-state index contributed by atoms with van der Waals surface area (Å²) in [7, 11) is 0. The van der Waals surface area contributed by atoms with Crippen molar-refractivity contribution < 1.29 is 9.47 Å². The minimum Gasteiger partial charge on any atom is -0.450 e. The van der Waals surface area contributed by atoms with Crippen molar-refractivity contribution in [2.45, 2.75) is 52.4 Å². The summed E-state index contributed by atoms with van der Waals surface area (Å²) < 4.78 is 14.0. The van der Waals surface area contributed by atoms with Gasteiger partial charge in [0.15, 0.2) is 23.0 Å². The second-order valence-corrected chi connectivity index (χ2v) is 25.0. The fraction of sp³-hybridized carbons (Fsp3) is 0.100. The summed E-state index contributed by atoms with van der Waals surface area (Å²) in [4.78, 5) is 9.97. The lowest BCUT2D eigenvalue weighted by atomic mass is 9.43. The normalized spacial score (nSPS) is 12.8. The van der Waals surface area contributed by atoms with Crippen molar-refractivity contribution in [3.05, 3.63) is 296 Å². The molecule has 0 saturated carbocycles. The summed E-state index contributed by atoms with van der Waals surface area (Å²) in [6, 6.07) is 104. The maximum atomic E-state index is 7.02. The van der Waals surface area contributed by atoms with E-state index in [9.17, 15) is 0 Å². The molecule has 0 fully saturated rings. The number of hydrogen-bond donors (Lipinski definition) is 0. The number of rotatable bonds is 10. The second-order valence-electron chi connectivity index (χ2n) is 25.0. The SMILES string of the molecule is CC(C)(C)c1ccc(N2B3c4cc5c(cc4N(c4ccc(C(C)(C)C)cc4-c4ccccc4)c4cc(N(c6ccccc6)c6ccccc6)cc(c43)-c3cc(N(c4ccccc4)c4ccccc4)ccc32)Oc2ccccc2O5)c(-c2ccccc2)c1. The van der Waals surface area contributed by atoms with Gasteiger partial charge in [-0.15, -0.1) is 0 Å². The Hall–Kier alpha value is -10.5. The fourth-order valence-electron chi connectivity index (χ4n) is 13.1. The fourth-order valence-corrected chi connectivity index (χ4v) is 13.1. The molecular weight excluding hydrogens is 1060 g/mol. The monoisotopic (exact) mass is 1120 g/mol. The zero-order valence-corrected chi connectivity index (χ0v) is 49.8. The van der Waals surface area contributed by atoms with Gasteiger partial charge in [-0.05, 0) is 171 Å². The van der Waals surface area contributed by atoms with E-state index in [0.717, 1.165) is 107 Å². The van der Waals surface area contributed by atoms with E-state index in [2.05, 4.69) is 322 Å². The van der Waals surface area contributed by atoms with E-state index in [1.807, 2.05) is 24.3 Å². The van der Waals surface area contributed by atoms with Crippen LogP contribution in [-0.2, 0) is 10.8 Å². The number of anilines is 11. The number of para-hydroxylation sites is 6. The molecule has 0 spiro atoms. The van der Waals surface area contributed by atoms with E-state index < -0.39 is 6.85 Å². The van der Waals surface area contributed by atoms with Gasteiger partial charge < -0.3 is 29.0 Å². The van der Waals surface area contributed by atoms with Crippen molar-refractivity contribution in [2.24, 2.45) is 0 Å².